The number of hydrogen-bond acceptors (Lipinski definition) is 3. The number of aromatic nitrogens is 1. The lowest BCUT2D eigenvalue weighted by atomic mass is 9.73. The zero-order valence-corrected chi connectivity index (χ0v) is 18.3. The molecule has 0 bridgehead atoms. The van der Waals surface area contributed by atoms with Crippen LogP contribution < -0.4 is 5.73 Å². The van der Waals surface area contributed by atoms with Crippen LogP contribution in [0.25, 0.3) is 11.1 Å². The van der Waals surface area contributed by atoms with Crippen LogP contribution in [0.15, 0.2) is 48.8 Å². The maximum absolute atomic E-state index is 12.7. The number of pyridine rings is 1. The molecule has 2 N–H and O–H groups in total. The first-order valence-electron chi connectivity index (χ1n) is 11.6. The molecule has 1 aliphatic heterocycles. The van der Waals surface area contributed by atoms with Crippen LogP contribution in [-0.2, 0) is 16.0 Å². The van der Waals surface area contributed by atoms with Crippen molar-refractivity contribution in [3.05, 3.63) is 54.4 Å². The van der Waals surface area contributed by atoms with Crippen LogP contribution in [0.3, 0.4) is 0 Å². The summed E-state index contributed by atoms with van der Waals surface area (Å²) in [6, 6.07) is 12.3. The summed E-state index contributed by atoms with van der Waals surface area (Å²) in [6.45, 7) is 1.25. The number of rotatable bonds is 7. The number of likely N-dealkylation sites (tertiary alicyclic amines) is 1. The van der Waals surface area contributed by atoms with Gasteiger partial charge in [-0.05, 0) is 60.4 Å². The molecule has 1 aliphatic carbocycles. The molecular weight excluding hydrogens is 386 g/mol. The van der Waals surface area contributed by atoms with E-state index in [1.807, 2.05) is 17.0 Å². The van der Waals surface area contributed by atoms with Gasteiger partial charge in [0.2, 0.25) is 11.8 Å². The zero-order valence-electron chi connectivity index (χ0n) is 18.3. The lowest BCUT2D eigenvalue weighted by Crippen LogP contribution is -2.49. The number of piperidine rings is 1. The topological polar surface area (TPSA) is 76.3 Å². The first-order valence-corrected chi connectivity index (χ1v) is 11.6. The SMILES string of the molecule is NC(=O)C1(Cc2ccc(-c3ccncc3)cc2)CCN(C(=O)CCC2CCCC2)CC1. The summed E-state index contributed by atoms with van der Waals surface area (Å²) in [5.41, 5.74) is 8.67. The highest BCUT2D eigenvalue weighted by Gasteiger charge is 2.40. The lowest BCUT2D eigenvalue weighted by molar-refractivity contribution is -0.139. The second-order valence-electron chi connectivity index (χ2n) is 9.32. The summed E-state index contributed by atoms with van der Waals surface area (Å²) in [7, 11) is 0. The molecule has 2 amide bonds. The van der Waals surface area contributed by atoms with Gasteiger partial charge in [0.1, 0.15) is 0 Å². The molecule has 0 spiro atoms. The van der Waals surface area contributed by atoms with Crippen molar-refractivity contribution in [3.8, 4) is 11.1 Å². The van der Waals surface area contributed by atoms with E-state index in [1.165, 1.54) is 25.7 Å². The van der Waals surface area contributed by atoms with Gasteiger partial charge < -0.3 is 10.6 Å². The summed E-state index contributed by atoms with van der Waals surface area (Å²) >= 11 is 0. The third-order valence-electron chi connectivity index (χ3n) is 7.35. The molecule has 1 saturated heterocycles. The van der Waals surface area contributed by atoms with Crippen molar-refractivity contribution in [1.82, 2.24) is 9.88 Å². The zero-order chi connectivity index (χ0) is 21.7. The number of carbonyl (C=O) groups excluding carboxylic acids is 2. The van der Waals surface area contributed by atoms with Crippen molar-refractivity contribution in [2.45, 2.75) is 57.8 Å². The normalized spacial score (nSPS) is 18.8. The predicted molar refractivity (Wildman–Crippen MR) is 122 cm³/mol. The van der Waals surface area contributed by atoms with Gasteiger partial charge in [-0.25, -0.2) is 0 Å². The Morgan fingerprint density at radius 3 is 2.19 bits per heavy atom. The number of amides is 2. The number of nitrogens with two attached hydrogens (primary N) is 1. The number of carbonyl (C=O) groups is 2. The first kappa shape index (κ1) is 21.5. The minimum absolute atomic E-state index is 0.242. The van der Waals surface area contributed by atoms with Crippen molar-refractivity contribution in [3.63, 3.8) is 0 Å². The van der Waals surface area contributed by atoms with Crippen LogP contribution in [-0.4, -0.2) is 34.8 Å². The van der Waals surface area contributed by atoms with E-state index in [2.05, 4.69) is 29.2 Å². The van der Waals surface area contributed by atoms with Gasteiger partial charge in [-0.1, -0.05) is 49.9 Å². The van der Waals surface area contributed by atoms with Crippen LogP contribution in [0.5, 0.6) is 0 Å². The molecule has 2 aliphatic rings. The molecule has 5 heteroatoms. The van der Waals surface area contributed by atoms with Crippen molar-refractivity contribution in [2.24, 2.45) is 17.1 Å². The molecule has 2 aromatic rings. The molecule has 0 unspecified atom stereocenters. The lowest BCUT2D eigenvalue weighted by Gasteiger charge is -2.40. The maximum atomic E-state index is 12.7. The minimum atomic E-state index is -0.569. The quantitative estimate of drug-likeness (QED) is 0.725. The third-order valence-corrected chi connectivity index (χ3v) is 7.35. The monoisotopic (exact) mass is 419 g/mol. The fraction of sp³-hybridized carbons (Fsp3) is 0.500. The summed E-state index contributed by atoms with van der Waals surface area (Å²) in [5, 5.41) is 0. The Kier molecular flexibility index (Phi) is 6.69. The van der Waals surface area contributed by atoms with E-state index in [9.17, 15) is 9.59 Å². The van der Waals surface area contributed by atoms with Crippen LogP contribution in [0.1, 0.15) is 56.9 Å². The fourth-order valence-corrected chi connectivity index (χ4v) is 5.23. The largest absolute Gasteiger partial charge is 0.369 e. The second-order valence-corrected chi connectivity index (χ2v) is 9.32. The molecule has 1 aromatic carbocycles. The van der Waals surface area contributed by atoms with E-state index < -0.39 is 5.41 Å². The minimum Gasteiger partial charge on any atom is -0.369 e. The molecular formula is C26H33N3O2. The van der Waals surface area contributed by atoms with Gasteiger partial charge in [0.05, 0.1) is 5.41 Å². The van der Waals surface area contributed by atoms with Gasteiger partial charge in [0.25, 0.3) is 0 Å². The van der Waals surface area contributed by atoms with Crippen molar-refractivity contribution in [1.29, 1.82) is 0 Å². The van der Waals surface area contributed by atoms with Gasteiger partial charge in [-0.3, -0.25) is 14.6 Å². The van der Waals surface area contributed by atoms with Gasteiger partial charge in [0, 0.05) is 31.9 Å². The summed E-state index contributed by atoms with van der Waals surface area (Å²) in [4.78, 5) is 31.1. The van der Waals surface area contributed by atoms with Crippen molar-refractivity contribution >= 4 is 11.8 Å². The second kappa shape index (κ2) is 9.63. The molecule has 0 radical (unpaired) electrons. The third kappa shape index (κ3) is 5.15. The van der Waals surface area contributed by atoms with E-state index in [4.69, 9.17) is 5.73 Å². The molecule has 2 fully saturated rings. The van der Waals surface area contributed by atoms with E-state index in [-0.39, 0.29) is 11.8 Å². The fourth-order valence-electron chi connectivity index (χ4n) is 5.23. The van der Waals surface area contributed by atoms with E-state index in [0.29, 0.717) is 38.8 Å². The van der Waals surface area contributed by atoms with E-state index in [0.717, 1.165) is 29.0 Å². The predicted octanol–water partition coefficient (Wildman–Crippen LogP) is 4.36. The standard InChI is InChI=1S/C26H33N3O2/c27-25(31)26(19-21-5-8-22(9-6-21)23-11-15-28-16-12-23)13-17-29(18-14-26)24(30)10-7-20-3-1-2-4-20/h5-6,8-9,11-12,15-16,20H,1-4,7,10,13-14,17-19H2,(H2,27,31). The number of nitrogens with zero attached hydrogens (tertiary/aromatic N) is 2. The number of hydrogen-bond donors (Lipinski definition) is 1. The Balaban J connectivity index is 1.35. The Morgan fingerprint density at radius 2 is 1.58 bits per heavy atom. The molecule has 0 atom stereocenters. The van der Waals surface area contributed by atoms with Crippen molar-refractivity contribution < 1.29 is 9.59 Å². The smallest absolute Gasteiger partial charge is 0.224 e. The average Bonchev–Trinajstić information content (AvgIpc) is 3.33. The Morgan fingerprint density at radius 1 is 0.968 bits per heavy atom. The highest BCUT2D eigenvalue weighted by atomic mass is 16.2. The molecule has 2 heterocycles. The van der Waals surface area contributed by atoms with E-state index in [1.54, 1.807) is 12.4 Å². The number of benzene rings is 1. The summed E-state index contributed by atoms with van der Waals surface area (Å²) in [6.07, 6.45) is 12.3. The number of primary amides is 1. The first-order chi connectivity index (χ1) is 15.1. The Labute approximate surface area is 185 Å². The van der Waals surface area contributed by atoms with Crippen LogP contribution >= 0.6 is 0 Å². The van der Waals surface area contributed by atoms with Crippen molar-refractivity contribution in [2.75, 3.05) is 13.1 Å². The van der Waals surface area contributed by atoms with Gasteiger partial charge in [0.15, 0.2) is 0 Å². The van der Waals surface area contributed by atoms with Gasteiger partial charge >= 0.3 is 0 Å². The van der Waals surface area contributed by atoms with Crippen LogP contribution in [0, 0.1) is 11.3 Å². The average molecular weight is 420 g/mol. The van der Waals surface area contributed by atoms with Gasteiger partial charge in [-0.15, -0.1) is 0 Å². The Hall–Kier alpha value is -2.69. The summed E-state index contributed by atoms with van der Waals surface area (Å²) in [5.74, 6) is 0.726. The molecule has 31 heavy (non-hydrogen) atoms. The highest BCUT2D eigenvalue weighted by Crippen LogP contribution is 2.36. The highest BCUT2D eigenvalue weighted by molar-refractivity contribution is 5.82. The molecule has 5 nitrogen and oxygen atoms in total. The van der Waals surface area contributed by atoms with Gasteiger partial charge in [-0.2, -0.15) is 0 Å². The van der Waals surface area contributed by atoms with Crippen LogP contribution in [0.2, 0.25) is 0 Å². The maximum Gasteiger partial charge on any atom is 0.224 e. The Bertz CT molecular complexity index is 881. The molecule has 1 aromatic heterocycles. The molecule has 164 valence electrons. The molecule has 1 saturated carbocycles. The summed E-state index contributed by atoms with van der Waals surface area (Å²) < 4.78 is 0. The van der Waals surface area contributed by atoms with E-state index >= 15 is 0 Å². The molecule has 4 rings (SSSR count). The van der Waals surface area contributed by atoms with Crippen LogP contribution in [0.4, 0.5) is 0 Å².